The van der Waals surface area contributed by atoms with Crippen LogP contribution >= 0.6 is 0 Å². The molecule has 66 heavy (non-hydrogen) atoms. The Balaban J connectivity index is 1.14. The third kappa shape index (κ3) is 6.21. The van der Waals surface area contributed by atoms with Crippen molar-refractivity contribution in [3.8, 4) is 73.5 Å². The topological polar surface area (TPSA) is 98.4 Å². The number of pyridine rings is 7. The van der Waals surface area contributed by atoms with Gasteiger partial charge in [0.1, 0.15) is 11.6 Å². The average molecular weight is 846 g/mol. The van der Waals surface area contributed by atoms with E-state index < -0.39 is 0 Å². The lowest BCUT2D eigenvalue weighted by Crippen LogP contribution is -2.17. The van der Waals surface area contributed by atoms with Crippen molar-refractivity contribution in [3.63, 3.8) is 0 Å². The van der Waals surface area contributed by atoms with Crippen molar-refractivity contribution in [1.82, 2.24) is 39.5 Å². The fraction of sp³-hybridized carbons (Fsp3) is 0. The van der Waals surface area contributed by atoms with E-state index in [4.69, 9.17) is 34.9 Å². The van der Waals surface area contributed by atoms with Gasteiger partial charge in [-0.2, -0.15) is 0 Å². The molecule has 0 saturated carbocycles. The molecule has 1 aliphatic heterocycles. The molecule has 9 heteroatoms. The average Bonchev–Trinajstić information content (AvgIpc) is 3.72. The smallest absolute Gasteiger partial charge is 0.139 e. The van der Waals surface area contributed by atoms with Gasteiger partial charge < -0.3 is 0 Å². The van der Waals surface area contributed by atoms with Crippen molar-refractivity contribution in [1.29, 1.82) is 0 Å². The van der Waals surface area contributed by atoms with Gasteiger partial charge >= 0.3 is 0 Å². The minimum Gasteiger partial charge on any atom is -0.294 e. The van der Waals surface area contributed by atoms with E-state index in [0.29, 0.717) is 0 Å². The number of hydrogen-bond acceptors (Lipinski definition) is 8. The number of anilines is 3. The lowest BCUT2D eigenvalue weighted by Gasteiger charge is -2.33. The van der Waals surface area contributed by atoms with E-state index >= 15 is 0 Å². The molecule has 0 spiro atoms. The Labute approximate surface area is 379 Å². The number of aromatic nitrogens is 8. The third-order valence-corrected chi connectivity index (χ3v) is 12.4. The fourth-order valence-electron chi connectivity index (χ4n) is 9.42. The molecule has 0 saturated heterocycles. The van der Waals surface area contributed by atoms with Gasteiger partial charge in [0, 0.05) is 69.4 Å². The Bertz CT molecular complexity index is 3680. The van der Waals surface area contributed by atoms with E-state index in [1.807, 2.05) is 110 Å². The predicted molar refractivity (Wildman–Crippen MR) is 264 cm³/mol. The SMILES string of the molecule is c1ccc(-c2cc(-c3ccccn3)nc(N3c4cc5c(cc4-c4cccc6cccc3c46)c3cc(-c4ccccn4)ccc3n5-c3cc(-c4ccccn4)cc(-c4ccccn4)n3)c2)nc1. The Morgan fingerprint density at radius 2 is 0.848 bits per heavy atom. The molecule has 13 rings (SSSR count). The molecule has 0 amide bonds. The molecular formula is C57H35N9. The lowest BCUT2D eigenvalue weighted by atomic mass is 9.90. The molecular weight excluding hydrogens is 811 g/mol. The highest BCUT2D eigenvalue weighted by Crippen LogP contribution is 2.53. The molecule has 9 nitrogen and oxygen atoms in total. The van der Waals surface area contributed by atoms with Crippen molar-refractivity contribution in [3.05, 3.63) is 213 Å². The summed E-state index contributed by atoms with van der Waals surface area (Å²) in [5, 5.41) is 4.44. The summed E-state index contributed by atoms with van der Waals surface area (Å²) in [5.74, 6) is 1.48. The largest absolute Gasteiger partial charge is 0.294 e. The second kappa shape index (κ2) is 15.3. The second-order valence-electron chi connectivity index (χ2n) is 16.2. The first-order valence-corrected chi connectivity index (χ1v) is 21.8. The molecule has 0 atom stereocenters. The van der Waals surface area contributed by atoms with Crippen LogP contribution in [0.1, 0.15) is 0 Å². The molecule has 0 radical (unpaired) electrons. The zero-order valence-electron chi connectivity index (χ0n) is 35.2. The van der Waals surface area contributed by atoms with E-state index in [2.05, 4.69) is 107 Å². The van der Waals surface area contributed by atoms with E-state index in [-0.39, 0.29) is 0 Å². The van der Waals surface area contributed by atoms with Gasteiger partial charge in [-0.3, -0.25) is 34.4 Å². The molecule has 0 fully saturated rings. The first-order chi connectivity index (χ1) is 32.7. The Morgan fingerprint density at radius 1 is 0.318 bits per heavy atom. The minimum atomic E-state index is 0.738. The van der Waals surface area contributed by atoms with Gasteiger partial charge in [-0.25, -0.2) is 9.97 Å². The maximum atomic E-state index is 5.45. The molecule has 0 aliphatic carbocycles. The highest BCUT2D eigenvalue weighted by atomic mass is 15.2. The zero-order valence-corrected chi connectivity index (χ0v) is 35.2. The van der Waals surface area contributed by atoms with Crippen LogP contribution in [0.15, 0.2) is 213 Å². The summed E-state index contributed by atoms with van der Waals surface area (Å²) >= 11 is 0. The second-order valence-corrected chi connectivity index (χ2v) is 16.2. The number of nitrogens with zero attached hydrogens (tertiary/aromatic N) is 9. The van der Waals surface area contributed by atoms with Crippen LogP contribution in [0.3, 0.4) is 0 Å². The van der Waals surface area contributed by atoms with E-state index in [1.165, 1.54) is 0 Å². The van der Waals surface area contributed by atoms with Gasteiger partial charge in [0.15, 0.2) is 0 Å². The molecule has 9 heterocycles. The van der Waals surface area contributed by atoms with Crippen LogP contribution in [0.25, 0.3) is 106 Å². The van der Waals surface area contributed by atoms with Crippen LogP contribution in [-0.4, -0.2) is 39.5 Å². The fourth-order valence-corrected chi connectivity index (χ4v) is 9.42. The number of benzene rings is 4. The molecule has 308 valence electrons. The summed E-state index contributed by atoms with van der Waals surface area (Å²) in [4.78, 5) is 37.0. The van der Waals surface area contributed by atoms with Gasteiger partial charge in [-0.1, -0.05) is 66.7 Å². The van der Waals surface area contributed by atoms with Crippen molar-refractivity contribution in [2.45, 2.75) is 0 Å². The lowest BCUT2D eigenvalue weighted by molar-refractivity contribution is 1.07. The Morgan fingerprint density at radius 3 is 1.44 bits per heavy atom. The molecule has 12 aromatic rings. The first-order valence-electron chi connectivity index (χ1n) is 21.8. The summed E-state index contributed by atoms with van der Waals surface area (Å²) in [5.41, 5.74) is 14.7. The van der Waals surface area contributed by atoms with Gasteiger partial charge in [-0.05, 0) is 126 Å². The Kier molecular flexibility index (Phi) is 8.63. The summed E-state index contributed by atoms with van der Waals surface area (Å²) in [6, 6.07) is 62.6. The number of fused-ring (bicyclic) bond motifs is 5. The van der Waals surface area contributed by atoms with Gasteiger partial charge in [-0.15, -0.1) is 0 Å². The van der Waals surface area contributed by atoms with E-state index in [0.717, 1.165) is 123 Å². The van der Waals surface area contributed by atoms with Crippen molar-refractivity contribution < 1.29 is 0 Å². The van der Waals surface area contributed by atoms with Crippen molar-refractivity contribution in [2.24, 2.45) is 0 Å². The molecule has 0 N–H and O–H groups in total. The van der Waals surface area contributed by atoms with Crippen molar-refractivity contribution in [2.75, 3.05) is 4.90 Å². The monoisotopic (exact) mass is 845 g/mol. The Hall–Kier alpha value is -9.21. The maximum absolute atomic E-state index is 5.45. The highest BCUT2D eigenvalue weighted by molar-refractivity contribution is 6.19. The summed E-state index contributed by atoms with van der Waals surface area (Å²) in [6.07, 6.45) is 9.11. The molecule has 1 aliphatic rings. The molecule has 0 bridgehead atoms. The van der Waals surface area contributed by atoms with Gasteiger partial charge in [0.25, 0.3) is 0 Å². The van der Waals surface area contributed by atoms with Crippen LogP contribution in [0.2, 0.25) is 0 Å². The van der Waals surface area contributed by atoms with Crippen LogP contribution in [0.5, 0.6) is 0 Å². The van der Waals surface area contributed by atoms with Crippen LogP contribution in [0, 0.1) is 0 Å². The summed E-state index contributed by atoms with van der Waals surface area (Å²) in [6.45, 7) is 0. The summed E-state index contributed by atoms with van der Waals surface area (Å²) in [7, 11) is 0. The van der Waals surface area contributed by atoms with Gasteiger partial charge in [0.05, 0.1) is 62.3 Å². The van der Waals surface area contributed by atoms with Crippen molar-refractivity contribution >= 4 is 49.8 Å². The highest BCUT2D eigenvalue weighted by Gasteiger charge is 2.30. The molecule has 0 unspecified atom stereocenters. The van der Waals surface area contributed by atoms with E-state index in [1.54, 1.807) is 6.20 Å². The summed E-state index contributed by atoms with van der Waals surface area (Å²) < 4.78 is 2.28. The van der Waals surface area contributed by atoms with Gasteiger partial charge in [0.2, 0.25) is 0 Å². The minimum absolute atomic E-state index is 0.738. The first kappa shape index (κ1) is 37.4. The molecule has 8 aromatic heterocycles. The number of rotatable bonds is 7. The van der Waals surface area contributed by atoms with Crippen LogP contribution in [-0.2, 0) is 0 Å². The zero-order chi connectivity index (χ0) is 43.6. The predicted octanol–water partition coefficient (Wildman–Crippen LogP) is 13.5. The molecule has 4 aromatic carbocycles. The van der Waals surface area contributed by atoms with Crippen LogP contribution in [0.4, 0.5) is 17.2 Å². The third-order valence-electron chi connectivity index (χ3n) is 12.4. The standard InChI is InChI=1S/C57H35N9/c1-6-24-58-44(16-1)37-22-23-51-41(29-37)43-34-42-40-15-11-13-36-14-12-21-52(57(36)40)66(56-33-39(46-18-3-8-26-60-46)31-50(64-56)48-20-5-10-28-62-48)53(42)35-54(43)65(51)55-32-38(45-17-2-7-25-59-45)30-49(63-55)47-19-4-9-27-61-47/h1-35H. The maximum Gasteiger partial charge on any atom is 0.139 e. The van der Waals surface area contributed by atoms with Crippen LogP contribution < -0.4 is 4.90 Å². The number of hydrogen-bond donors (Lipinski definition) is 0. The van der Waals surface area contributed by atoms with E-state index in [9.17, 15) is 0 Å². The quantitative estimate of drug-likeness (QED) is 0.156. The normalized spacial score (nSPS) is 11.9.